The Balaban J connectivity index is 2.34. The molecule has 9 heteroatoms. The maximum Gasteiger partial charge on any atom is 0.258 e. The van der Waals surface area contributed by atoms with E-state index >= 15 is 0 Å². The highest BCUT2D eigenvalue weighted by Crippen LogP contribution is 2.14. The fraction of sp³-hybridized carbons (Fsp3) is 0.400. The van der Waals surface area contributed by atoms with Crippen molar-refractivity contribution in [2.45, 2.75) is 19.4 Å². The van der Waals surface area contributed by atoms with E-state index in [-0.39, 0.29) is 17.3 Å². The van der Waals surface area contributed by atoms with E-state index in [1.54, 1.807) is 11.9 Å². The van der Waals surface area contributed by atoms with Crippen molar-refractivity contribution >= 4 is 17.5 Å². The van der Waals surface area contributed by atoms with Gasteiger partial charge in [-0.05, 0) is 18.5 Å². The molecule has 2 aromatic heterocycles. The summed E-state index contributed by atoms with van der Waals surface area (Å²) in [6.07, 6.45) is 3.20. The number of halogens is 1. The Labute approximate surface area is 114 Å². The van der Waals surface area contributed by atoms with Gasteiger partial charge >= 0.3 is 0 Å². The average Bonchev–Trinajstić information content (AvgIpc) is 2.91. The lowest BCUT2D eigenvalue weighted by Gasteiger charge is -2.22. The first-order valence-electron chi connectivity index (χ1n) is 5.48. The van der Waals surface area contributed by atoms with Gasteiger partial charge in [0.2, 0.25) is 11.2 Å². The zero-order chi connectivity index (χ0) is 13.8. The molecule has 0 fully saturated rings. The Kier molecular flexibility index (Phi) is 3.87. The molecule has 0 bridgehead atoms. The van der Waals surface area contributed by atoms with Gasteiger partial charge in [0.15, 0.2) is 0 Å². The van der Waals surface area contributed by atoms with Crippen LogP contribution in [0.4, 0.5) is 5.95 Å². The van der Waals surface area contributed by atoms with Gasteiger partial charge in [-0.25, -0.2) is 4.98 Å². The normalized spacial score (nSPS) is 11.9. The highest BCUT2D eigenvalue weighted by Gasteiger charge is 2.15. The third kappa shape index (κ3) is 2.95. The maximum atomic E-state index is 8.71. The Morgan fingerprint density at radius 3 is 2.89 bits per heavy atom. The van der Waals surface area contributed by atoms with Gasteiger partial charge in [0.05, 0.1) is 12.5 Å². The molecule has 2 aromatic rings. The molecule has 0 aliphatic rings. The van der Waals surface area contributed by atoms with E-state index in [9.17, 15) is 0 Å². The molecule has 0 spiro atoms. The van der Waals surface area contributed by atoms with Crippen LogP contribution in [0.5, 0.6) is 0 Å². The lowest BCUT2D eigenvalue weighted by Crippen LogP contribution is -2.30. The molecule has 0 N–H and O–H groups in total. The van der Waals surface area contributed by atoms with E-state index in [0.29, 0.717) is 12.4 Å². The third-order valence-electron chi connectivity index (χ3n) is 2.57. The van der Waals surface area contributed by atoms with Crippen LogP contribution in [0.25, 0.3) is 5.95 Å². The largest absolute Gasteiger partial charge is 0.340 e. The van der Waals surface area contributed by atoms with Crippen LogP contribution < -0.4 is 4.90 Å². The molecular formula is C10H11ClN8. The van der Waals surface area contributed by atoms with Crippen LogP contribution in [0.15, 0.2) is 12.7 Å². The first-order valence-corrected chi connectivity index (χ1v) is 5.86. The number of hydrogen-bond donors (Lipinski definition) is 0. The summed E-state index contributed by atoms with van der Waals surface area (Å²) < 4.78 is 1.39. The van der Waals surface area contributed by atoms with Crippen molar-refractivity contribution in [3.63, 3.8) is 0 Å². The molecular weight excluding hydrogens is 268 g/mol. The van der Waals surface area contributed by atoms with Crippen LogP contribution in [0.1, 0.15) is 13.3 Å². The van der Waals surface area contributed by atoms with E-state index in [0.717, 1.165) is 0 Å². The molecule has 1 atom stereocenters. The predicted molar refractivity (Wildman–Crippen MR) is 67.8 cm³/mol. The minimum Gasteiger partial charge on any atom is -0.340 e. The second-order valence-electron chi connectivity index (χ2n) is 3.87. The minimum atomic E-state index is -0.0351. The van der Waals surface area contributed by atoms with E-state index in [1.807, 2.05) is 6.92 Å². The summed E-state index contributed by atoms with van der Waals surface area (Å²) in [7, 11) is 1.79. The SMILES string of the molecule is CC(CC#N)N(C)c1nc(Cl)nc(-n2cncn2)n1. The van der Waals surface area contributed by atoms with E-state index < -0.39 is 0 Å². The molecule has 0 aliphatic carbocycles. The van der Waals surface area contributed by atoms with Gasteiger partial charge in [0, 0.05) is 13.1 Å². The molecule has 98 valence electrons. The van der Waals surface area contributed by atoms with Crippen molar-refractivity contribution in [1.82, 2.24) is 29.7 Å². The number of hydrogen-bond acceptors (Lipinski definition) is 7. The van der Waals surface area contributed by atoms with Crippen molar-refractivity contribution in [2.75, 3.05) is 11.9 Å². The van der Waals surface area contributed by atoms with Crippen LogP contribution in [0.2, 0.25) is 5.28 Å². The zero-order valence-electron chi connectivity index (χ0n) is 10.4. The highest BCUT2D eigenvalue weighted by molar-refractivity contribution is 6.28. The Morgan fingerprint density at radius 1 is 1.47 bits per heavy atom. The molecule has 8 nitrogen and oxygen atoms in total. The van der Waals surface area contributed by atoms with Crippen LogP contribution in [0.3, 0.4) is 0 Å². The fourth-order valence-electron chi connectivity index (χ4n) is 1.37. The zero-order valence-corrected chi connectivity index (χ0v) is 11.2. The lowest BCUT2D eigenvalue weighted by atomic mass is 10.2. The third-order valence-corrected chi connectivity index (χ3v) is 2.74. The summed E-state index contributed by atoms with van der Waals surface area (Å²) in [4.78, 5) is 17.9. The number of aromatic nitrogens is 6. The predicted octanol–water partition coefficient (Wildman–Crippen LogP) is 0.844. The quantitative estimate of drug-likeness (QED) is 0.817. The molecule has 0 amide bonds. The summed E-state index contributed by atoms with van der Waals surface area (Å²) in [5.74, 6) is 0.664. The van der Waals surface area contributed by atoms with Gasteiger partial charge in [-0.1, -0.05) is 0 Å². The molecule has 0 radical (unpaired) electrons. The van der Waals surface area contributed by atoms with E-state index in [1.165, 1.54) is 17.3 Å². The second-order valence-corrected chi connectivity index (χ2v) is 4.20. The lowest BCUT2D eigenvalue weighted by molar-refractivity contribution is 0.674. The maximum absolute atomic E-state index is 8.71. The van der Waals surface area contributed by atoms with Gasteiger partial charge in [0.25, 0.3) is 5.95 Å². The standard InChI is InChI=1S/C10H11ClN8/c1-7(3-4-12)18(2)9-15-8(11)16-10(17-9)19-6-13-5-14-19/h5-7H,3H2,1-2H3. The van der Waals surface area contributed by atoms with Gasteiger partial charge in [-0.15, -0.1) is 0 Å². The summed E-state index contributed by atoms with van der Waals surface area (Å²) in [5, 5.41) is 12.7. The molecule has 19 heavy (non-hydrogen) atoms. The number of rotatable bonds is 4. The molecule has 0 saturated carbocycles. The monoisotopic (exact) mass is 278 g/mol. The van der Waals surface area contributed by atoms with Gasteiger partial charge in [0.1, 0.15) is 12.7 Å². The first-order chi connectivity index (χ1) is 9.11. The van der Waals surface area contributed by atoms with Crippen molar-refractivity contribution in [3.8, 4) is 12.0 Å². The van der Waals surface area contributed by atoms with Crippen molar-refractivity contribution < 1.29 is 0 Å². The van der Waals surface area contributed by atoms with Crippen LogP contribution in [0, 0.1) is 11.3 Å². The molecule has 0 saturated heterocycles. The number of nitrogens with zero attached hydrogens (tertiary/aromatic N) is 8. The van der Waals surface area contributed by atoms with Crippen molar-refractivity contribution in [3.05, 3.63) is 17.9 Å². The Bertz CT molecular complexity index is 590. The topological polar surface area (TPSA) is 96.4 Å². The van der Waals surface area contributed by atoms with Crippen LogP contribution in [-0.4, -0.2) is 42.8 Å². The Morgan fingerprint density at radius 2 is 2.26 bits per heavy atom. The van der Waals surface area contributed by atoms with E-state index in [4.69, 9.17) is 16.9 Å². The summed E-state index contributed by atoms with van der Waals surface area (Å²) in [6, 6.07) is 2.07. The highest BCUT2D eigenvalue weighted by atomic mass is 35.5. The van der Waals surface area contributed by atoms with Crippen molar-refractivity contribution in [1.29, 1.82) is 5.26 Å². The van der Waals surface area contributed by atoms with Crippen molar-refractivity contribution in [2.24, 2.45) is 0 Å². The van der Waals surface area contributed by atoms with Gasteiger partial charge in [-0.2, -0.15) is 30.0 Å². The summed E-state index contributed by atoms with van der Waals surface area (Å²) in [5.41, 5.74) is 0. The smallest absolute Gasteiger partial charge is 0.258 e. The number of anilines is 1. The van der Waals surface area contributed by atoms with E-state index in [2.05, 4.69) is 31.1 Å². The molecule has 2 rings (SSSR count). The number of nitriles is 1. The molecule has 2 heterocycles. The fourth-order valence-corrected chi connectivity index (χ4v) is 1.52. The first kappa shape index (κ1) is 13.2. The Hall–Kier alpha value is -2.27. The molecule has 0 aliphatic heterocycles. The van der Waals surface area contributed by atoms with Crippen LogP contribution >= 0.6 is 11.6 Å². The molecule has 1 unspecified atom stereocenters. The summed E-state index contributed by atoms with van der Waals surface area (Å²) >= 11 is 5.88. The summed E-state index contributed by atoms with van der Waals surface area (Å²) in [6.45, 7) is 1.90. The molecule has 0 aromatic carbocycles. The van der Waals surface area contributed by atoms with Gasteiger partial charge in [-0.3, -0.25) is 0 Å². The van der Waals surface area contributed by atoms with Gasteiger partial charge < -0.3 is 4.90 Å². The van der Waals surface area contributed by atoms with Crippen LogP contribution in [-0.2, 0) is 0 Å². The minimum absolute atomic E-state index is 0.0351. The second kappa shape index (κ2) is 5.58. The average molecular weight is 279 g/mol.